The first-order chi connectivity index (χ1) is 9.79. The van der Waals surface area contributed by atoms with Crippen LogP contribution in [0.5, 0.6) is 5.75 Å². The Bertz CT molecular complexity index is 706. The molecular weight excluding hydrogens is 256 g/mol. The highest BCUT2D eigenvalue weighted by Crippen LogP contribution is 2.31. The smallest absolute Gasteiger partial charge is 0.255 e. The number of para-hydroxylation sites is 1. The van der Waals surface area contributed by atoms with Gasteiger partial charge in [0.15, 0.2) is 0 Å². The molecule has 0 fully saturated rings. The van der Waals surface area contributed by atoms with E-state index >= 15 is 0 Å². The van der Waals surface area contributed by atoms with Crippen molar-refractivity contribution in [2.75, 3.05) is 6.54 Å². The Morgan fingerprint density at radius 1 is 1.20 bits per heavy atom. The number of pyridine rings is 1. The van der Waals surface area contributed by atoms with Gasteiger partial charge in [-0.3, -0.25) is 9.36 Å². The van der Waals surface area contributed by atoms with Crippen LogP contribution >= 0.6 is 0 Å². The third-order valence-corrected chi connectivity index (χ3v) is 3.16. The Kier molecular flexibility index (Phi) is 3.37. The number of nitrogens with zero attached hydrogens (tertiary/aromatic N) is 1. The molecule has 1 unspecified atom stereocenters. The molecule has 0 spiro atoms. The maximum Gasteiger partial charge on any atom is 0.255 e. The zero-order valence-corrected chi connectivity index (χ0v) is 10.7. The third-order valence-electron chi connectivity index (χ3n) is 3.16. The van der Waals surface area contributed by atoms with Crippen molar-refractivity contribution in [2.45, 2.75) is 6.10 Å². The van der Waals surface area contributed by atoms with Crippen LogP contribution in [0.1, 0.15) is 5.56 Å². The lowest BCUT2D eigenvalue weighted by molar-refractivity contribution is 0.122. The zero-order valence-electron chi connectivity index (χ0n) is 10.7. The summed E-state index contributed by atoms with van der Waals surface area (Å²) in [4.78, 5) is 12.0. The molecule has 0 saturated heterocycles. The lowest BCUT2D eigenvalue weighted by Crippen LogP contribution is -2.32. The van der Waals surface area contributed by atoms with Gasteiger partial charge in [-0.15, -0.1) is 0 Å². The molecule has 1 aliphatic heterocycles. The standard InChI is InChI=1S/C15H14N2O3/c18-15-7-3-4-8-17(15)13-9-11(10-16-19)20-14-6-2-1-5-12(13)14/h1-9,11,16,19H,10H2. The number of rotatable bonds is 3. The van der Waals surface area contributed by atoms with E-state index in [9.17, 15) is 4.79 Å². The van der Waals surface area contributed by atoms with E-state index in [2.05, 4.69) is 5.48 Å². The monoisotopic (exact) mass is 270 g/mol. The van der Waals surface area contributed by atoms with Gasteiger partial charge in [-0.25, -0.2) is 5.48 Å². The summed E-state index contributed by atoms with van der Waals surface area (Å²) in [5, 5.41) is 8.85. The second kappa shape index (κ2) is 5.32. The molecule has 1 aromatic heterocycles. The highest BCUT2D eigenvalue weighted by molar-refractivity contribution is 5.72. The molecule has 1 aliphatic rings. The molecule has 0 amide bonds. The van der Waals surface area contributed by atoms with Gasteiger partial charge in [0.2, 0.25) is 0 Å². The summed E-state index contributed by atoms with van der Waals surface area (Å²) in [6.45, 7) is 0.249. The van der Waals surface area contributed by atoms with Crippen LogP contribution in [0.25, 0.3) is 5.70 Å². The average Bonchev–Trinajstić information content (AvgIpc) is 2.47. The summed E-state index contributed by atoms with van der Waals surface area (Å²) < 4.78 is 7.32. The SMILES string of the molecule is O=c1ccccn1C1=CC(CNO)Oc2ccccc21. The molecule has 5 nitrogen and oxygen atoms in total. The highest BCUT2D eigenvalue weighted by atomic mass is 16.5. The van der Waals surface area contributed by atoms with Gasteiger partial charge in [-0.2, -0.15) is 0 Å². The minimum absolute atomic E-state index is 0.105. The van der Waals surface area contributed by atoms with Crippen LogP contribution in [-0.4, -0.2) is 22.4 Å². The van der Waals surface area contributed by atoms with Crippen molar-refractivity contribution in [3.8, 4) is 5.75 Å². The van der Waals surface area contributed by atoms with E-state index in [1.807, 2.05) is 30.3 Å². The van der Waals surface area contributed by atoms with Crippen molar-refractivity contribution < 1.29 is 9.94 Å². The largest absolute Gasteiger partial charge is 0.484 e. The first-order valence-corrected chi connectivity index (χ1v) is 6.32. The molecule has 0 bridgehead atoms. The minimum Gasteiger partial charge on any atom is -0.484 e. The van der Waals surface area contributed by atoms with E-state index < -0.39 is 0 Å². The zero-order chi connectivity index (χ0) is 13.9. The first kappa shape index (κ1) is 12.7. The van der Waals surface area contributed by atoms with Gasteiger partial charge < -0.3 is 9.94 Å². The molecule has 1 aromatic carbocycles. The van der Waals surface area contributed by atoms with E-state index in [0.29, 0.717) is 5.75 Å². The summed E-state index contributed by atoms with van der Waals surface area (Å²) in [5.74, 6) is 0.695. The van der Waals surface area contributed by atoms with Crippen LogP contribution in [0.4, 0.5) is 0 Å². The van der Waals surface area contributed by atoms with Gasteiger partial charge >= 0.3 is 0 Å². The number of hydrogen-bond donors (Lipinski definition) is 2. The predicted molar refractivity (Wildman–Crippen MR) is 74.7 cm³/mol. The first-order valence-electron chi connectivity index (χ1n) is 6.32. The molecular formula is C15H14N2O3. The Morgan fingerprint density at radius 3 is 2.80 bits per heavy atom. The van der Waals surface area contributed by atoms with E-state index in [0.717, 1.165) is 11.3 Å². The van der Waals surface area contributed by atoms with Gasteiger partial charge in [-0.1, -0.05) is 18.2 Å². The fraction of sp³-hybridized carbons (Fsp3) is 0.133. The molecule has 3 rings (SSSR count). The van der Waals surface area contributed by atoms with E-state index in [-0.39, 0.29) is 18.2 Å². The molecule has 0 saturated carbocycles. The summed E-state index contributed by atoms with van der Waals surface area (Å²) in [6, 6.07) is 12.5. The van der Waals surface area contributed by atoms with Crippen LogP contribution < -0.4 is 15.8 Å². The molecule has 0 aliphatic carbocycles. The lowest BCUT2D eigenvalue weighted by atomic mass is 10.1. The fourth-order valence-corrected chi connectivity index (χ4v) is 2.27. The molecule has 2 aromatic rings. The van der Waals surface area contributed by atoms with Crippen molar-refractivity contribution in [3.05, 3.63) is 70.7 Å². The maximum atomic E-state index is 12.0. The summed E-state index contributed by atoms with van der Waals surface area (Å²) in [5.41, 5.74) is 3.61. The van der Waals surface area contributed by atoms with Crippen LogP contribution in [-0.2, 0) is 0 Å². The average molecular weight is 270 g/mol. The van der Waals surface area contributed by atoms with Gasteiger partial charge in [0.1, 0.15) is 11.9 Å². The number of benzene rings is 1. The maximum absolute atomic E-state index is 12.0. The molecule has 2 heterocycles. The van der Waals surface area contributed by atoms with Crippen molar-refractivity contribution in [1.29, 1.82) is 0 Å². The van der Waals surface area contributed by atoms with Gasteiger partial charge in [0.05, 0.1) is 12.2 Å². The second-order valence-corrected chi connectivity index (χ2v) is 4.48. The number of hydrogen-bond acceptors (Lipinski definition) is 4. The number of hydroxylamine groups is 1. The number of ether oxygens (including phenoxy) is 1. The molecule has 0 radical (unpaired) electrons. The minimum atomic E-state index is -0.336. The lowest BCUT2D eigenvalue weighted by Gasteiger charge is -2.25. The number of nitrogens with one attached hydrogen (secondary N) is 1. The normalized spacial score (nSPS) is 17.1. The molecule has 2 N–H and O–H groups in total. The van der Waals surface area contributed by atoms with Gasteiger partial charge in [0.25, 0.3) is 5.56 Å². The van der Waals surface area contributed by atoms with Gasteiger partial charge in [-0.05, 0) is 24.3 Å². The topological polar surface area (TPSA) is 63.5 Å². The molecule has 5 heteroatoms. The Morgan fingerprint density at radius 2 is 2.00 bits per heavy atom. The van der Waals surface area contributed by atoms with Crippen LogP contribution in [0.15, 0.2) is 59.5 Å². The van der Waals surface area contributed by atoms with Crippen molar-refractivity contribution in [1.82, 2.24) is 10.0 Å². The van der Waals surface area contributed by atoms with E-state index in [1.54, 1.807) is 22.9 Å². The summed E-state index contributed by atoms with van der Waals surface area (Å²) >= 11 is 0. The molecule has 20 heavy (non-hydrogen) atoms. The fourth-order valence-electron chi connectivity index (χ4n) is 2.27. The number of fused-ring (bicyclic) bond motifs is 1. The van der Waals surface area contributed by atoms with Crippen LogP contribution in [0, 0.1) is 0 Å². The third kappa shape index (κ3) is 2.24. The van der Waals surface area contributed by atoms with Crippen molar-refractivity contribution >= 4 is 5.70 Å². The second-order valence-electron chi connectivity index (χ2n) is 4.48. The Hall–Kier alpha value is -2.37. The van der Waals surface area contributed by atoms with E-state index in [4.69, 9.17) is 9.94 Å². The van der Waals surface area contributed by atoms with Crippen LogP contribution in [0.3, 0.4) is 0 Å². The molecule has 1 atom stereocenters. The number of aromatic nitrogens is 1. The highest BCUT2D eigenvalue weighted by Gasteiger charge is 2.21. The predicted octanol–water partition coefficient (Wildman–Crippen LogP) is 1.48. The van der Waals surface area contributed by atoms with Gasteiger partial charge in [0, 0.05) is 17.8 Å². The van der Waals surface area contributed by atoms with Crippen molar-refractivity contribution in [3.63, 3.8) is 0 Å². The van der Waals surface area contributed by atoms with Crippen molar-refractivity contribution in [2.24, 2.45) is 0 Å². The Labute approximate surface area is 115 Å². The van der Waals surface area contributed by atoms with E-state index in [1.165, 1.54) is 6.07 Å². The summed E-state index contributed by atoms with van der Waals surface area (Å²) in [7, 11) is 0. The quantitative estimate of drug-likeness (QED) is 0.829. The Balaban J connectivity index is 2.15. The molecule has 102 valence electrons. The summed E-state index contributed by atoms with van der Waals surface area (Å²) in [6.07, 6.45) is 3.21. The van der Waals surface area contributed by atoms with Crippen LogP contribution in [0.2, 0.25) is 0 Å².